The molecule has 0 saturated carbocycles. The third kappa shape index (κ3) is 1.44. The Bertz CT molecular complexity index is 269. The molecule has 0 aliphatic carbocycles. The Labute approximate surface area is 83.0 Å². The van der Waals surface area contributed by atoms with Gasteiger partial charge in [-0.15, -0.1) is 0 Å². The number of halogens is 5. The summed E-state index contributed by atoms with van der Waals surface area (Å²) in [4.78, 5) is 0. The summed E-state index contributed by atoms with van der Waals surface area (Å²) in [7, 11) is 0. The summed E-state index contributed by atoms with van der Waals surface area (Å²) in [6.45, 7) is 3.06. The van der Waals surface area contributed by atoms with E-state index in [1.165, 1.54) is 0 Å². The Morgan fingerprint density at radius 3 is 1.73 bits per heavy atom. The lowest BCUT2D eigenvalue weighted by atomic mass is 9.87. The first-order chi connectivity index (χ1) is 6.36. The van der Waals surface area contributed by atoms with E-state index in [2.05, 4.69) is 4.74 Å². The molecular formula is C8H11F5O2. The van der Waals surface area contributed by atoms with E-state index in [0.717, 1.165) is 20.8 Å². The highest BCUT2D eigenvalue weighted by atomic mass is 19.4. The van der Waals surface area contributed by atoms with E-state index < -0.39 is 29.4 Å². The highest BCUT2D eigenvalue weighted by Crippen LogP contribution is 2.57. The van der Waals surface area contributed by atoms with Crippen molar-refractivity contribution >= 4 is 0 Å². The molecule has 2 atom stereocenters. The number of hydrogen-bond donors (Lipinski definition) is 1. The Hall–Kier alpha value is -0.430. The number of alkyl halides is 5. The number of aliphatic hydroxyl groups is 1. The monoisotopic (exact) mass is 234 g/mol. The summed E-state index contributed by atoms with van der Waals surface area (Å²) in [6, 6.07) is 0. The van der Waals surface area contributed by atoms with E-state index >= 15 is 0 Å². The van der Waals surface area contributed by atoms with Crippen LogP contribution in [-0.4, -0.2) is 28.6 Å². The molecule has 0 aromatic carbocycles. The van der Waals surface area contributed by atoms with Crippen molar-refractivity contribution in [1.82, 2.24) is 0 Å². The van der Waals surface area contributed by atoms with Gasteiger partial charge in [-0.3, -0.25) is 0 Å². The lowest BCUT2D eigenvalue weighted by Crippen LogP contribution is -2.57. The van der Waals surface area contributed by atoms with Gasteiger partial charge in [-0.25, -0.2) is 0 Å². The van der Waals surface area contributed by atoms with Crippen LogP contribution in [0, 0.1) is 5.92 Å². The van der Waals surface area contributed by atoms with Crippen molar-refractivity contribution in [2.45, 2.75) is 44.3 Å². The van der Waals surface area contributed by atoms with Crippen LogP contribution in [0.2, 0.25) is 0 Å². The van der Waals surface area contributed by atoms with Gasteiger partial charge >= 0.3 is 17.9 Å². The molecule has 1 saturated heterocycles. The van der Waals surface area contributed by atoms with E-state index in [4.69, 9.17) is 5.11 Å². The van der Waals surface area contributed by atoms with Crippen LogP contribution in [0.5, 0.6) is 0 Å². The zero-order valence-corrected chi connectivity index (χ0v) is 8.32. The molecule has 1 aliphatic heterocycles. The van der Waals surface area contributed by atoms with Crippen LogP contribution in [0.25, 0.3) is 0 Å². The average Bonchev–Trinajstić information content (AvgIpc) is 2.09. The molecule has 0 aromatic rings. The predicted molar refractivity (Wildman–Crippen MR) is 40.3 cm³/mol. The third-order valence-corrected chi connectivity index (χ3v) is 2.83. The normalized spacial score (nSPS) is 39.4. The van der Waals surface area contributed by atoms with Crippen LogP contribution in [0.3, 0.4) is 0 Å². The van der Waals surface area contributed by atoms with Crippen molar-refractivity contribution in [2.75, 3.05) is 0 Å². The molecule has 0 bridgehead atoms. The lowest BCUT2D eigenvalue weighted by Gasteiger charge is -2.31. The average molecular weight is 234 g/mol. The molecule has 1 heterocycles. The second-order valence-corrected chi connectivity index (χ2v) is 4.19. The van der Waals surface area contributed by atoms with Gasteiger partial charge in [0.1, 0.15) is 0 Å². The van der Waals surface area contributed by atoms with Gasteiger partial charge in [0.05, 0.1) is 11.5 Å². The Kier molecular flexibility index (Phi) is 2.38. The molecule has 7 heteroatoms. The topological polar surface area (TPSA) is 29.5 Å². The summed E-state index contributed by atoms with van der Waals surface area (Å²) in [6.07, 6.45) is -5.53. The van der Waals surface area contributed by atoms with Crippen molar-refractivity contribution < 1.29 is 31.8 Å². The van der Waals surface area contributed by atoms with Crippen molar-refractivity contribution in [2.24, 2.45) is 5.92 Å². The zero-order chi connectivity index (χ0) is 12.3. The van der Waals surface area contributed by atoms with Gasteiger partial charge in [0.25, 0.3) is 0 Å². The van der Waals surface area contributed by atoms with Crippen LogP contribution in [-0.2, 0) is 4.74 Å². The molecule has 2 nitrogen and oxygen atoms in total. The summed E-state index contributed by atoms with van der Waals surface area (Å²) in [5, 5.41) is 8.96. The molecule has 15 heavy (non-hydrogen) atoms. The smallest absolute Gasteiger partial charge is 0.354 e. The fourth-order valence-electron chi connectivity index (χ4n) is 1.51. The quantitative estimate of drug-likeness (QED) is 0.652. The van der Waals surface area contributed by atoms with E-state index in [9.17, 15) is 22.0 Å². The largest absolute Gasteiger partial charge is 0.449 e. The van der Waals surface area contributed by atoms with E-state index in [0.29, 0.717) is 0 Å². The summed E-state index contributed by atoms with van der Waals surface area (Å²) >= 11 is 0. The second-order valence-electron chi connectivity index (χ2n) is 4.19. The first-order valence-corrected chi connectivity index (χ1v) is 4.23. The van der Waals surface area contributed by atoms with Gasteiger partial charge in [0.15, 0.2) is 0 Å². The van der Waals surface area contributed by atoms with Gasteiger partial charge in [0, 0.05) is 0 Å². The first kappa shape index (κ1) is 12.6. The molecule has 0 spiro atoms. The fourth-order valence-corrected chi connectivity index (χ4v) is 1.51. The summed E-state index contributed by atoms with van der Waals surface area (Å²) in [5.74, 6) is -10.5. The Morgan fingerprint density at radius 2 is 1.60 bits per heavy atom. The summed E-state index contributed by atoms with van der Waals surface area (Å²) < 4.78 is 67.6. The second kappa shape index (κ2) is 2.82. The highest BCUT2D eigenvalue weighted by Gasteiger charge is 2.80. The van der Waals surface area contributed by atoms with E-state index in [1.54, 1.807) is 0 Å². The number of hydrogen-bond acceptors (Lipinski definition) is 2. The Morgan fingerprint density at radius 1 is 1.20 bits per heavy atom. The maximum absolute atomic E-state index is 13.3. The fraction of sp³-hybridized carbons (Fsp3) is 1.00. The first-order valence-electron chi connectivity index (χ1n) is 4.23. The molecule has 0 aromatic heterocycles. The molecular weight excluding hydrogens is 223 g/mol. The van der Waals surface area contributed by atoms with Crippen LogP contribution in [0.15, 0.2) is 0 Å². The van der Waals surface area contributed by atoms with Gasteiger partial charge in [-0.05, 0) is 13.8 Å². The summed E-state index contributed by atoms with van der Waals surface area (Å²) in [5.41, 5.74) is -1.74. The maximum Gasteiger partial charge on any atom is 0.449 e. The van der Waals surface area contributed by atoms with Crippen LogP contribution in [0.4, 0.5) is 22.0 Å². The van der Waals surface area contributed by atoms with Crippen molar-refractivity contribution in [3.05, 3.63) is 0 Å². The minimum absolute atomic E-state index is 0.906. The van der Waals surface area contributed by atoms with E-state index in [1.807, 2.05) is 0 Å². The molecule has 1 fully saturated rings. The van der Waals surface area contributed by atoms with Crippen LogP contribution >= 0.6 is 0 Å². The molecule has 2 unspecified atom stereocenters. The molecule has 0 radical (unpaired) electrons. The van der Waals surface area contributed by atoms with Crippen molar-refractivity contribution in [1.29, 1.82) is 0 Å². The maximum atomic E-state index is 13.3. The highest BCUT2D eigenvalue weighted by molar-refractivity contribution is 5.07. The Balaban J connectivity index is 3.25. The molecule has 90 valence electrons. The van der Waals surface area contributed by atoms with E-state index in [-0.39, 0.29) is 0 Å². The number of ether oxygens (including phenoxy) is 1. The predicted octanol–water partition coefficient (Wildman–Crippen LogP) is 2.32. The van der Waals surface area contributed by atoms with Gasteiger partial charge in [-0.2, -0.15) is 22.0 Å². The minimum atomic E-state index is -5.53. The lowest BCUT2D eigenvalue weighted by molar-refractivity contribution is -0.412. The van der Waals surface area contributed by atoms with Gasteiger partial charge < -0.3 is 9.84 Å². The van der Waals surface area contributed by atoms with Crippen LogP contribution in [0.1, 0.15) is 20.8 Å². The number of rotatable bonds is 0. The SMILES string of the molecule is CC1C(C)(C)OC(O)(C(F)(F)F)C1(F)F. The zero-order valence-electron chi connectivity index (χ0n) is 8.32. The van der Waals surface area contributed by atoms with Crippen molar-refractivity contribution in [3.63, 3.8) is 0 Å². The van der Waals surface area contributed by atoms with Crippen molar-refractivity contribution in [3.8, 4) is 0 Å². The molecule has 1 rings (SSSR count). The van der Waals surface area contributed by atoms with Gasteiger partial charge in [-0.1, -0.05) is 6.92 Å². The molecule has 1 aliphatic rings. The standard InChI is InChI=1S/C8H11F5O2/c1-4-5(2,3)15-7(14,6(4,9)10)8(11,12)13/h4,14H,1-3H3. The minimum Gasteiger partial charge on any atom is -0.354 e. The van der Waals surface area contributed by atoms with Gasteiger partial charge in [0.2, 0.25) is 0 Å². The van der Waals surface area contributed by atoms with Crippen LogP contribution < -0.4 is 0 Å². The third-order valence-electron chi connectivity index (χ3n) is 2.83. The molecule has 0 amide bonds. The molecule has 1 N–H and O–H groups in total.